The first-order chi connectivity index (χ1) is 12.6. The molecule has 1 unspecified atom stereocenters. The van der Waals surface area contributed by atoms with Crippen molar-refractivity contribution in [3.63, 3.8) is 0 Å². The highest BCUT2D eigenvalue weighted by Crippen LogP contribution is 2.32. The van der Waals surface area contributed by atoms with Gasteiger partial charge in [0, 0.05) is 10.4 Å². The molecule has 0 saturated carbocycles. The van der Waals surface area contributed by atoms with Gasteiger partial charge in [0.15, 0.2) is 11.5 Å². The van der Waals surface area contributed by atoms with Gasteiger partial charge >= 0.3 is 0 Å². The lowest BCUT2D eigenvalue weighted by Crippen LogP contribution is -2.41. The Morgan fingerprint density at radius 3 is 2.69 bits per heavy atom. The molecule has 1 aromatic carbocycles. The molecular weight excluding hydrogens is 352 g/mol. The molecule has 136 valence electrons. The average molecular weight is 372 g/mol. The lowest BCUT2D eigenvalue weighted by molar-refractivity contribution is 0.0848. The minimum Gasteiger partial charge on any atom is -0.486 e. The summed E-state index contributed by atoms with van der Waals surface area (Å²) in [6, 6.07) is 6.89. The Morgan fingerprint density at radius 2 is 1.85 bits per heavy atom. The second-order valence-corrected chi connectivity index (χ2v) is 7.81. The quantitative estimate of drug-likeness (QED) is 0.795. The standard InChI is InChI=1S/C19H20N2O4S/c1-11-2-5-16-13(8-11)10-17(26-16)19(23)21-20-18(22)12-3-4-14-15(9-12)25-7-6-24-14/h3-4,9-11H,2,5-8H2,1H3,(H,20,22)(H,21,23). The third-order valence-corrected chi connectivity index (χ3v) is 5.88. The van der Waals surface area contributed by atoms with Crippen LogP contribution >= 0.6 is 11.3 Å². The number of amides is 2. The Kier molecular flexibility index (Phi) is 4.55. The summed E-state index contributed by atoms with van der Waals surface area (Å²) in [4.78, 5) is 26.6. The molecule has 2 amide bonds. The van der Waals surface area contributed by atoms with E-state index in [0.717, 1.165) is 19.3 Å². The van der Waals surface area contributed by atoms with E-state index in [0.29, 0.717) is 41.1 Å². The maximum atomic E-state index is 12.4. The Bertz CT molecular complexity index is 861. The van der Waals surface area contributed by atoms with Crippen LogP contribution in [-0.4, -0.2) is 25.0 Å². The van der Waals surface area contributed by atoms with Gasteiger partial charge in [0.25, 0.3) is 11.8 Å². The fourth-order valence-corrected chi connectivity index (χ4v) is 4.35. The predicted octanol–water partition coefficient (Wildman–Crippen LogP) is 2.72. The van der Waals surface area contributed by atoms with E-state index in [2.05, 4.69) is 17.8 Å². The van der Waals surface area contributed by atoms with Gasteiger partial charge in [-0.25, -0.2) is 0 Å². The number of fused-ring (bicyclic) bond motifs is 2. The Balaban J connectivity index is 1.39. The van der Waals surface area contributed by atoms with E-state index in [9.17, 15) is 9.59 Å². The molecule has 6 nitrogen and oxygen atoms in total. The van der Waals surface area contributed by atoms with Crippen LogP contribution in [0.25, 0.3) is 0 Å². The first-order valence-electron chi connectivity index (χ1n) is 8.72. The van der Waals surface area contributed by atoms with Gasteiger partial charge in [0.1, 0.15) is 13.2 Å². The van der Waals surface area contributed by atoms with Crippen molar-refractivity contribution in [2.24, 2.45) is 5.92 Å². The zero-order valence-corrected chi connectivity index (χ0v) is 15.3. The second-order valence-electron chi connectivity index (χ2n) is 6.67. The Labute approximate surface area is 155 Å². The van der Waals surface area contributed by atoms with Crippen LogP contribution in [0.5, 0.6) is 11.5 Å². The topological polar surface area (TPSA) is 76.7 Å². The summed E-state index contributed by atoms with van der Waals surface area (Å²) in [7, 11) is 0. The number of benzene rings is 1. The van der Waals surface area contributed by atoms with E-state index < -0.39 is 5.91 Å². The van der Waals surface area contributed by atoms with E-state index in [1.165, 1.54) is 21.8 Å². The molecule has 2 heterocycles. The summed E-state index contributed by atoms with van der Waals surface area (Å²) in [5.41, 5.74) is 6.62. The molecule has 0 spiro atoms. The van der Waals surface area contributed by atoms with E-state index >= 15 is 0 Å². The van der Waals surface area contributed by atoms with Gasteiger partial charge < -0.3 is 9.47 Å². The summed E-state index contributed by atoms with van der Waals surface area (Å²) in [5.74, 6) is 1.13. The van der Waals surface area contributed by atoms with Crippen LogP contribution in [-0.2, 0) is 12.8 Å². The molecule has 2 aliphatic rings. The molecule has 0 bridgehead atoms. The van der Waals surface area contributed by atoms with Gasteiger partial charge in [0.2, 0.25) is 0 Å². The van der Waals surface area contributed by atoms with Crippen LogP contribution in [0.2, 0.25) is 0 Å². The summed E-state index contributed by atoms with van der Waals surface area (Å²) in [6.45, 7) is 3.18. The van der Waals surface area contributed by atoms with Crippen LogP contribution in [0, 0.1) is 5.92 Å². The van der Waals surface area contributed by atoms with Crippen molar-refractivity contribution in [2.45, 2.75) is 26.2 Å². The minimum atomic E-state index is -0.398. The van der Waals surface area contributed by atoms with Crippen molar-refractivity contribution in [1.82, 2.24) is 10.9 Å². The van der Waals surface area contributed by atoms with Crippen molar-refractivity contribution in [3.05, 3.63) is 45.1 Å². The number of nitrogens with one attached hydrogen (secondary N) is 2. The third kappa shape index (κ3) is 3.39. The average Bonchev–Trinajstić information content (AvgIpc) is 3.08. The van der Waals surface area contributed by atoms with Crippen molar-refractivity contribution < 1.29 is 19.1 Å². The molecule has 0 saturated heterocycles. The molecule has 2 aromatic rings. The van der Waals surface area contributed by atoms with Crippen molar-refractivity contribution >= 4 is 23.2 Å². The van der Waals surface area contributed by atoms with E-state index in [-0.39, 0.29) is 5.91 Å². The zero-order chi connectivity index (χ0) is 18.1. The lowest BCUT2D eigenvalue weighted by Gasteiger charge is -2.18. The molecule has 7 heteroatoms. The number of ether oxygens (including phenoxy) is 2. The zero-order valence-electron chi connectivity index (χ0n) is 14.5. The molecule has 1 aromatic heterocycles. The van der Waals surface area contributed by atoms with Crippen molar-refractivity contribution in [3.8, 4) is 11.5 Å². The highest BCUT2D eigenvalue weighted by atomic mass is 32.1. The monoisotopic (exact) mass is 372 g/mol. The number of rotatable bonds is 2. The molecule has 1 aliphatic heterocycles. The maximum absolute atomic E-state index is 12.4. The highest BCUT2D eigenvalue weighted by Gasteiger charge is 2.21. The predicted molar refractivity (Wildman–Crippen MR) is 97.9 cm³/mol. The minimum absolute atomic E-state index is 0.289. The van der Waals surface area contributed by atoms with Gasteiger partial charge in [-0.3, -0.25) is 20.4 Å². The third-order valence-electron chi connectivity index (χ3n) is 4.65. The highest BCUT2D eigenvalue weighted by molar-refractivity contribution is 7.14. The van der Waals surface area contributed by atoms with E-state index in [4.69, 9.17) is 9.47 Å². The number of carbonyl (C=O) groups is 2. The molecule has 0 radical (unpaired) electrons. The first kappa shape index (κ1) is 16.9. The number of carbonyl (C=O) groups excluding carboxylic acids is 2. The second kappa shape index (κ2) is 6.99. The van der Waals surface area contributed by atoms with Gasteiger partial charge in [-0.05, 0) is 55.0 Å². The summed E-state index contributed by atoms with van der Waals surface area (Å²) < 4.78 is 10.9. The van der Waals surface area contributed by atoms with E-state index in [1.54, 1.807) is 18.2 Å². The molecule has 2 N–H and O–H groups in total. The molecule has 0 fully saturated rings. The fourth-order valence-electron chi connectivity index (χ4n) is 3.25. The molecule has 26 heavy (non-hydrogen) atoms. The van der Waals surface area contributed by atoms with Crippen LogP contribution < -0.4 is 20.3 Å². The van der Waals surface area contributed by atoms with Gasteiger partial charge in [-0.15, -0.1) is 11.3 Å². The van der Waals surface area contributed by atoms with Crippen LogP contribution in [0.15, 0.2) is 24.3 Å². The van der Waals surface area contributed by atoms with Crippen LogP contribution in [0.4, 0.5) is 0 Å². The van der Waals surface area contributed by atoms with Gasteiger partial charge in [-0.2, -0.15) is 0 Å². The summed E-state index contributed by atoms with van der Waals surface area (Å²) in [5, 5.41) is 0. The number of aryl methyl sites for hydroxylation is 1. The molecular formula is C19H20N2O4S. The fraction of sp³-hybridized carbons (Fsp3) is 0.368. The van der Waals surface area contributed by atoms with Crippen LogP contribution in [0.3, 0.4) is 0 Å². The first-order valence-corrected chi connectivity index (χ1v) is 9.53. The Morgan fingerprint density at radius 1 is 1.08 bits per heavy atom. The van der Waals surface area contributed by atoms with E-state index in [1.807, 2.05) is 6.07 Å². The Hall–Kier alpha value is -2.54. The lowest BCUT2D eigenvalue weighted by atomic mass is 9.90. The molecule has 1 aliphatic carbocycles. The largest absolute Gasteiger partial charge is 0.486 e. The van der Waals surface area contributed by atoms with Gasteiger partial charge in [-0.1, -0.05) is 6.92 Å². The van der Waals surface area contributed by atoms with Crippen LogP contribution in [0.1, 0.15) is 43.8 Å². The smallest absolute Gasteiger partial charge is 0.279 e. The number of hydrazine groups is 1. The summed E-state index contributed by atoms with van der Waals surface area (Å²) >= 11 is 1.51. The maximum Gasteiger partial charge on any atom is 0.279 e. The summed E-state index contributed by atoms with van der Waals surface area (Å²) in [6.07, 6.45) is 3.20. The van der Waals surface area contributed by atoms with Crippen molar-refractivity contribution in [2.75, 3.05) is 13.2 Å². The van der Waals surface area contributed by atoms with Gasteiger partial charge in [0.05, 0.1) is 4.88 Å². The normalized spacial score (nSPS) is 18.0. The van der Waals surface area contributed by atoms with Crippen molar-refractivity contribution in [1.29, 1.82) is 0 Å². The number of hydrogen-bond donors (Lipinski definition) is 2. The number of thiophene rings is 1. The molecule has 1 atom stereocenters. The SMILES string of the molecule is CC1CCc2sc(C(=O)NNC(=O)c3ccc4c(c3)OCCO4)cc2C1. The molecule has 4 rings (SSSR count). The number of hydrogen-bond acceptors (Lipinski definition) is 5.